The van der Waals surface area contributed by atoms with Gasteiger partial charge in [-0.2, -0.15) is 0 Å². The summed E-state index contributed by atoms with van der Waals surface area (Å²) >= 11 is 0. The first kappa shape index (κ1) is 25.6. The number of sulfonamides is 1. The molecule has 0 radical (unpaired) electrons. The predicted molar refractivity (Wildman–Crippen MR) is 131 cm³/mol. The molecule has 2 heterocycles. The third kappa shape index (κ3) is 4.93. The van der Waals surface area contributed by atoms with Crippen LogP contribution in [0.4, 0.5) is 0 Å². The van der Waals surface area contributed by atoms with Crippen molar-refractivity contribution in [2.75, 3.05) is 26.3 Å². The number of aryl methyl sites for hydroxylation is 1. The molecule has 1 saturated heterocycles. The van der Waals surface area contributed by atoms with Gasteiger partial charge in [-0.25, -0.2) is 17.7 Å². The number of carbonyl (C=O) groups is 1. The molecule has 1 aliphatic heterocycles. The van der Waals surface area contributed by atoms with Crippen molar-refractivity contribution >= 4 is 15.9 Å². The first-order valence-electron chi connectivity index (χ1n) is 12.0. The van der Waals surface area contributed by atoms with Gasteiger partial charge in [0.15, 0.2) is 4.75 Å². The number of hydrogen-bond donors (Lipinski definition) is 3. The van der Waals surface area contributed by atoms with Crippen LogP contribution in [0.25, 0.3) is 11.3 Å². The lowest BCUT2D eigenvalue weighted by atomic mass is 9.88. The number of aliphatic hydroxyl groups excluding tert-OH is 2. The van der Waals surface area contributed by atoms with Crippen LogP contribution in [-0.2, 0) is 14.8 Å². The number of hydrogen-bond acceptors (Lipinski definition) is 7. The Morgan fingerprint density at radius 3 is 2.57 bits per heavy atom. The Morgan fingerprint density at radius 2 is 1.97 bits per heavy atom. The molecule has 35 heavy (non-hydrogen) atoms. The maximum Gasteiger partial charge on any atom is 0.240 e. The molecule has 1 aromatic carbocycles. The van der Waals surface area contributed by atoms with Crippen molar-refractivity contribution in [1.82, 2.24) is 9.29 Å². The largest absolute Gasteiger partial charge is 0.475 e. The third-order valence-electron chi connectivity index (χ3n) is 7.25. The average molecular weight is 504 g/mol. The summed E-state index contributed by atoms with van der Waals surface area (Å²) in [5.74, 6) is -0.223. The summed E-state index contributed by atoms with van der Waals surface area (Å²) in [5, 5.41) is 18.9. The lowest BCUT2D eigenvalue weighted by Gasteiger charge is -2.37. The Hall–Kier alpha value is -2.53. The number of piperidine rings is 1. The van der Waals surface area contributed by atoms with Gasteiger partial charge in [0.1, 0.15) is 6.61 Å². The number of primary amides is 1. The van der Waals surface area contributed by atoms with Gasteiger partial charge in [0.25, 0.3) is 0 Å². The highest BCUT2D eigenvalue weighted by atomic mass is 32.2. The van der Waals surface area contributed by atoms with E-state index in [1.165, 1.54) is 4.31 Å². The topological polar surface area (TPSA) is 143 Å². The van der Waals surface area contributed by atoms with Crippen LogP contribution in [0.5, 0.6) is 5.88 Å². The maximum absolute atomic E-state index is 13.4. The van der Waals surface area contributed by atoms with E-state index < -0.39 is 26.8 Å². The molecule has 10 heteroatoms. The highest BCUT2D eigenvalue weighted by Crippen LogP contribution is 2.41. The Balaban J connectivity index is 1.46. The van der Waals surface area contributed by atoms with E-state index in [1.807, 2.05) is 25.1 Å². The van der Waals surface area contributed by atoms with Gasteiger partial charge in [0.2, 0.25) is 21.8 Å². The quantitative estimate of drug-likeness (QED) is 0.497. The number of ether oxygens (including phenoxy) is 1. The number of pyridine rings is 1. The van der Waals surface area contributed by atoms with Gasteiger partial charge in [-0.05, 0) is 55.7 Å². The smallest absolute Gasteiger partial charge is 0.240 e. The number of nitrogens with zero attached hydrogens (tertiary/aromatic N) is 2. The van der Waals surface area contributed by atoms with E-state index in [2.05, 4.69) is 17.1 Å². The monoisotopic (exact) mass is 503 g/mol. The molecule has 1 aliphatic carbocycles. The van der Waals surface area contributed by atoms with E-state index in [4.69, 9.17) is 15.6 Å². The summed E-state index contributed by atoms with van der Waals surface area (Å²) in [4.78, 5) is 16.7. The number of nitrogens with two attached hydrogens (primary N) is 1. The summed E-state index contributed by atoms with van der Waals surface area (Å²) in [6.07, 6.45) is 0.636. The lowest BCUT2D eigenvalue weighted by molar-refractivity contribution is -0.120. The average Bonchev–Trinajstić information content (AvgIpc) is 3.27. The van der Waals surface area contributed by atoms with Gasteiger partial charge in [-0.15, -0.1) is 0 Å². The molecule has 1 amide bonds. The Bertz CT molecular complexity index is 1180. The van der Waals surface area contributed by atoms with Crippen molar-refractivity contribution in [3.05, 3.63) is 47.5 Å². The summed E-state index contributed by atoms with van der Waals surface area (Å²) in [7, 11) is -3.96. The minimum absolute atomic E-state index is 0.0622. The van der Waals surface area contributed by atoms with E-state index in [-0.39, 0.29) is 38.4 Å². The first-order valence-corrected chi connectivity index (χ1v) is 13.4. The van der Waals surface area contributed by atoms with Gasteiger partial charge in [-0.3, -0.25) is 4.79 Å². The Morgan fingerprint density at radius 1 is 1.23 bits per heavy atom. The predicted octanol–water partition coefficient (Wildman–Crippen LogP) is 1.71. The second-order valence-corrected chi connectivity index (χ2v) is 11.7. The molecule has 2 aromatic rings. The van der Waals surface area contributed by atoms with Crippen LogP contribution in [0.3, 0.4) is 0 Å². The standard InChI is InChI=1S/C25H33N3O6S/c1-17-15-19(5-6-21(17)22-3-2-4-23(27-22)34-14-13-29)18-8-11-28(12-9-18)35(32,33)25(24(26)31)10-7-20(30)16-25/h2-6,15,18,20,29-30H,7-14,16H2,1H3,(H2,26,31). The molecule has 1 aromatic heterocycles. The van der Waals surface area contributed by atoms with Gasteiger partial charge < -0.3 is 20.7 Å². The lowest BCUT2D eigenvalue weighted by Crippen LogP contribution is -2.56. The molecule has 4 N–H and O–H groups in total. The summed E-state index contributed by atoms with van der Waals surface area (Å²) < 4.78 is 31.8. The van der Waals surface area contributed by atoms with Gasteiger partial charge in [0.05, 0.1) is 18.4 Å². The number of amides is 1. The fourth-order valence-corrected chi connectivity index (χ4v) is 7.49. The van der Waals surface area contributed by atoms with E-state index in [9.17, 15) is 18.3 Å². The Labute approximate surface area is 206 Å². The molecule has 2 unspecified atom stereocenters. The number of benzene rings is 1. The summed E-state index contributed by atoms with van der Waals surface area (Å²) in [6.45, 7) is 2.74. The van der Waals surface area contributed by atoms with Gasteiger partial charge in [0, 0.05) is 31.1 Å². The zero-order valence-corrected chi connectivity index (χ0v) is 20.7. The van der Waals surface area contributed by atoms with Gasteiger partial charge >= 0.3 is 0 Å². The summed E-state index contributed by atoms with van der Waals surface area (Å²) in [6, 6.07) is 11.7. The van der Waals surface area contributed by atoms with Crippen LogP contribution < -0.4 is 10.5 Å². The molecule has 0 spiro atoms. The molecule has 0 bridgehead atoms. The molecule has 2 atom stereocenters. The fourth-order valence-electron chi connectivity index (χ4n) is 5.27. The second kappa shape index (κ2) is 10.2. The van der Waals surface area contributed by atoms with Crippen molar-refractivity contribution < 1.29 is 28.2 Å². The van der Waals surface area contributed by atoms with Crippen LogP contribution in [0, 0.1) is 6.92 Å². The summed E-state index contributed by atoms with van der Waals surface area (Å²) in [5.41, 5.74) is 9.48. The van der Waals surface area contributed by atoms with E-state index in [0.717, 1.165) is 22.4 Å². The minimum Gasteiger partial charge on any atom is -0.475 e. The zero-order valence-electron chi connectivity index (χ0n) is 19.9. The number of aliphatic hydroxyl groups is 2. The highest BCUT2D eigenvalue weighted by molar-refractivity contribution is 7.91. The van der Waals surface area contributed by atoms with E-state index >= 15 is 0 Å². The zero-order chi connectivity index (χ0) is 25.2. The highest BCUT2D eigenvalue weighted by Gasteiger charge is 2.56. The number of aromatic nitrogens is 1. The SMILES string of the molecule is Cc1cc(C2CCN(S(=O)(=O)C3(C(N)=O)CCC(O)C3)CC2)ccc1-c1cccc(OCCO)n1. The normalized spacial score (nSPS) is 23.9. The van der Waals surface area contributed by atoms with Crippen molar-refractivity contribution in [2.24, 2.45) is 5.73 Å². The van der Waals surface area contributed by atoms with Crippen molar-refractivity contribution in [3.8, 4) is 17.1 Å². The molecular formula is C25H33N3O6S. The molecule has 2 fully saturated rings. The number of carbonyl (C=O) groups excluding carboxylic acids is 1. The van der Waals surface area contributed by atoms with Crippen LogP contribution in [0.1, 0.15) is 49.1 Å². The molecule has 190 valence electrons. The van der Waals surface area contributed by atoms with Crippen LogP contribution in [0.2, 0.25) is 0 Å². The molecule has 4 rings (SSSR count). The van der Waals surface area contributed by atoms with Crippen LogP contribution >= 0.6 is 0 Å². The maximum atomic E-state index is 13.4. The minimum atomic E-state index is -3.96. The molecular weight excluding hydrogens is 470 g/mol. The van der Waals surface area contributed by atoms with E-state index in [0.29, 0.717) is 31.8 Å². The van der Waals surface area contributed by atoms with Crippen molar-refractivity contribution in [3.63, 3.8) is 0 Å². The molecule has 2 aliphatic rings. The van der Waals surface area contributed by atoms with Crippen LogP contribution in [0.15, 0.2) is 36.4 Å². The van der Waals surface area contributed by atoms with Gasteiger partial charge in [-0.1, -0.05) is 24.3 Å². The first-order chi connectivity index (χ1) is 16.7. The number of rotatable bonds is 8. The molecule has 9 nitrogen and oxygen atoms in total. The van der Waals surface area contributed by atoms with Crippen molar-refractivity contribution in [1.29, 1.82) is 0 Å². The van der Waals surface area contributed by atoms with Crippen molar-refractivity contribution in [2.45, 2.75) is 55.8 Å². The van der Waals surface area contributed by atoms with Crippen LogP contribution in [-0.4, -0.2) is 71.0 Å². The Kier molecular flexibility index (Phi) is 7.46. The van der Waals surface area contributed by atoms with E-state index in [1.54, 1.807) is 6.07 Å². The fraction of sp³-hybridized carbons (Fsp3) is 0.520. The second-order valence-electron chi connectivity index (χ2n) is 9.44. The molecule has 1 saturated carbocycles. The third-order valence-corrected chi connectivity index (χ3v) is 9.85.